The molecule has 1 amide bonds. The van der Waals surface area contributed by atoms with E-state index < -0.39 is 5.54 Å². The largest absolute Gasteiger partial charge is 0.497 e. The van der Waals surface area contributed by atoms with Gasteiger partial charge in [0.2, 0.25) is 11.1 Å². The lowest BCUT2D eigenvalue weighted by atomic mass is 9.83. The van der Waals surface area contributed by atoms with Gasteiger partial charge in [0.15, 0.2) is 0 Å². The Morgan fingerprint density at radius 1 is 1.35 bits per heavy atom. The van der Waals surface area contributed by atoms with Gasteiger partial charge in [0.25, 0.3) is 0 Å². The highest BCUT2D eigenvalue weighted by atomic mass is 32.2. The van der Waals surface area contributed by atoms with Crippen molar-refractivity contribution in [2.45, 2.75) is 42.8 Å². The number of nitrogens with one attached hydrogen (secondary N) is 1. The first-order valence-corrected chi connectivity index (χ1v) is 9.42. The molecule has 1 aliphatic carbocycles. The summed E-state index contributed by atoms with van der Waals surface area (Å²) in [5.41, 5.74) is 0.0529. The summed E-state index contributed by atoms with van der Waals surface area (Å²) in [6, 6.07) is 9.60. The molecule has 1 aromatic heterocycles. The topological polar surface area (TPSA) is 106 Å². The first-order valence-electron chi connectivity index (χ1n) is 8.44. The maximum Gasteiger partial charge on any atom is 0.231 e. The van der Waals surface area contributed by atoms with Gasteiger partial charge in [-0.05, 0) is 47.5 Å². The lowest BCUT2D eigenvalue weighted by Gasteiger charge is -2.31. The Morgan fingerprint density at radius 2 is 2.08 bits per heavy atom. The van der Waals surface area contributed by atoms with Crippen molar-refractivity contribution >= 4 is 17.7 Å². The average molecular weight is 372 g/mol. The molecule has 9 heteroatoms. The number of tetrazole rings is 1. The fraction of sp³-hybridized carbons (Fsp3) is 0.471. The van der Waals surface area contributed by atoms with Crippen molar-refractivity contribution in [3.8, 4) is 17.5 Å². The normalized spacial score (nSPS) is 15.8. The number of ether oxygens (including phenoxy) is 1. The lowest BCUT2D eigenvalue weighted by Crippen LogP contribution is -2.49. The van der Waals surface area contributed by atoms with Crippen molar-refractivity contribution < 1.29 is 9.53 Å². The summed E-state index contributed by atoms with van der Waals surface area (Å²) in [7, 11) is 1.60. The van der Waals surface area contributed by atoms with Crippen LogP contribution in [0.2, 0.25) is 0 Å². The van der Waals surface area contributed by atoms with Gasteiger partial charge in [-0.15, -0.1) is 5.10 Å². The van der Waals surface area contributed by atoms with E-state index in [1.165, 1.54) is 11.8 Å². The van der Waals surface area contributed by atoms with Crippen LogP contribution in [0.15, 0.2) is 29.4 Å². The predicted molar refractivity (Wildman–Crippen MR) is 96.0 cm³/mol. The molecule has 0 spiro atoms. The minimum atomic E-state index is -0.724. The third kappa shape index (κ3) is 4.14. The summed E-state index contributed by atoms with van der Waals surface area (Å²) < 4.78 is 6.71. The van der Waals surface area contributed by atoms with Crippen LogP contribution in [0.4, 0.5) is 0 Å². The number of carbonyl (C=O) groups excluding carboxylic acids is 1. The molecule has 0 radical (unpaired) electrons. The number of hydrogen-bond acceptors (Lipinski definition) is 7. The second-order valence-corrected chi connectivity index (χ2v) is 7.11. The highest BCUT2D eigenvalue weighted by Gasteiger charge is 2.33. The summed E-state index contributed by atoms with van der Waals surface area (Å²) in [4.78, 5) is 12.3. The number of amides is 1. The molecule has 1 N–H and O–H groups in total. The van der Waals surface area contributed by atoms with Crippen LogP contribution in [-0.4, -0.2) is 44.5 Å². The number of nitrogens with zero attached hydrogens (tertiary/aromatic N) is 5. The monoisotopic (exact) mass is 372 g/mol. The van der Waals surface area contributed by atoms with Crippen molar-refractivity contribution in [3.63, 3.8) is 0 Å². The first kappa shape index (κ1) is 18.2. The third-order valence-electron chi connectivity index (χ3n) is 4.39. The quantitative estimate of drug-likeness (QED) is 0.774. The molecule has 136 valence electrons. The van der Waals surface area contributed by atoms with E-state index in [9.17, 15) is 10.1 Å². The molecule has 2 aromatic rings. The van der Waals surface area contributed by atoms with Crippen LogP contribution in [0.1, 0.15) is 32.1 Å². The summed E-state index contributed by atoms with van der Waals surface area (Å²) in [5.74, 6) is 0.715. The van der Waals surface area contributed by atoms with Gasteiger partial charge in [0, 0.05) is 0 Å². The molecule has 1 heterocycles. The lowest BCUT2D eigenvalue weighted by molar-refractivity contribution is -0.120. The number of benzene rings is 1. The van der Waals surface area contributed by atoms with Crippen molar-refractivity contribution in [2.24, 2.45) is 0 Å². The standard InChI is InChI=1S/C17H20N6O2S/c1-25-14-7-5-13(6-8-14)23-16(20-21-22-23)26-11-15(24)19-17(12-18)9-3-2-4-10-17/h5-8H,2-4,9-11H2,1H3,(H,19,24). The Kier molecular flexibility index (Phi) is 5.73. The van der Waals surface area contributed by atoms with E-state index in [1.807, 2.05) is 24.3 Å². The van der Waals surface area contributed by atoms with E-state index in [1.54, 1.807) is 11.8 Å². The summed E-state index contributed by atoms with van der Waals surface area (Å²) in [5, 5.41) is 24.5. The van der Waals surface area contributed by atoms with Crippen LogP contribution < -0.4 is 10.1 Å². The molecule has 1 aromatic carbocycles. The predicted octanol–water partition coefficient (Wildman–Crippen LogP) is 2.11. The summed E-state index contributed by atoms with van der Waals surface area (Å²) in [6.45, 7) is 0. The van der Waals surface area contributed by atoms with E-state index in [2.05, 4.69) is 26.9 Å². The molecular formula is C17H20N6O2S. The van der Waals surface area contributed by atoms with Crippen LogP contribution in [0, 0.1) is 11.3 Å². The van der Waals surface area contributed by atoms with Gasteiger partial charge in [0.05, 0.1) is 24.6 Å². The van der Waals surface area contributed by atoms with Crippen molar-refractivity contribution in [2.75, 3.05) is 12.9 Å². The van der Waals surface area contributed by atoms with Gasteiger partial charge in [-0.3, -0.25) is 4.79 Å². The number of rotatable bonds is 6. The smallest absolute Gasteiger partial charge is 0.231 e. The van der Waals surface area contributed by atoms with Gasteiger partial charge in [-0.2, -0.15) is 9.94 Å². The zero-order chi connectivity index (χ0) is 18.4. The number of nitriles is 1. The minimum absolute atomic E-state index is 0.153. The van der Waals surface area contributed by atoms with E-state index in [-0.39, 0.29) is 11.7 Å². The Morgan fingerprint density at radius 3 is 2.73 bits per heavy atom. The van der Waals surface area contributed by atoms with Crippen molar-refractivity contribution in [1.29, 1.82) is 5.26 Å². The fourth-order valence-electron chi connectivity index (χ4n) is 3.01. The van der Waals surface area contributed by atoms with E-state index in [0.29, 0.717) is 18.0 Å². The Labute approximate surface area is 155 Å². The van der Waals surface area contributed by atoms with Gasteiger partial charge >= 0.3 is 0 Å². The van der Waals surface area contributed by atoms with Crippen LogP contribution in [0.5, 0.6) is 5.75 Å². The second-order valence-electron chi connectivity index (χ2n) is 6.16. The molecule has 0 bridgehead atoms. The zero-order valence-electron chi connectivity index (χ0n) is 14.5. The first-order chi connectivity index (χ1) is 12.7. The third-order valence-corrected chi connectivity index (χ3v) is 5.31. The minimum Gasteiger partial charge on any atom is -0.497 e. The van der Waals surface area contributed by atoms with Gasteiger partial charge in [-0.1, -0.05) is 31.0 Å². The molecule has 1 saturated carbocycles. The Hall–Kier alpha value is -2.60. The van der Waals surface area contributed by atoms with Crippen LogP contribution in [0.3, 0.4) is 0 Å². The van der Waals surface area contributed by atoms with E-state index in [0.717, 1.165) is 30.7 Å². The molecule has 3 rings (SSSR count). The number of carbonyl (C=O) groups is 1. The summed E-state index contributed by atoms with van der Waals surface area (Å²) in [6.07, 6.45) is 4.48. The van der Waals surface area contributed by atoms with Crippen LogP contribution in [0.25, 0.3) is 5.69 Å². The molecule has 1 fully saturated rings. The van der Waals surface area contributed by atoms with Crippen LogP contribution >= 0.6 is 11.8 Å². The zero-order valence-corrected chi connectivity index (χ0v) is 15.3. The fourth-order valence-corrected chi connectivity index (χ4v) is 3.70. The molecule has 0 atom stereocenters. The van der Waals surface area contributed by atoms with Gasteiger partial charge < -0.3 is 10.1 Å². The molecule has 0 aliphatic heterocycles. The molecular weight excluding hydrogens is 352 g/mol. The number of aromatic nitrogens is 4. The van der Waals surface area contributed by atoms with Crippen molar-refractivity contribution in [1.82, 2.24) is 25.5 Å². The van der Waals surface area contributed by atoms with Gasteiger partial charge in [-0.25, -0.2) is 0 Å². The molecule has 0 unspecified atom stereocenters. The summed E-state index contributed by atoms with van der Waals surface area (Å²) >= 11 is 1.24. The van der Waals surface area contributed by atoms with Gasteiger partial charge in [0.1, 0.15) is 11.3 Å². The van der Waals surface area contributed by atoms with Crippen LogP contribution in [-0.2, 0) is 4.79 Å². The number of methoxy groups -OCH3 is 1. The SMILES string of the molecule is COc1ccc(-n2nnnc2SCC(=O)NC2(C#N)CCCCC2)cc1. The van der Waals surface area contributed by atoms with E-state index >= 15 is 0 Å². The Balaban J connectivity index is 1.62. The molecule has 8 nitrogen and oxygen atoms in total. The van der Waals surface area contributed by atoms with E-state index in [4.69, 9.17) is 4.74 Å². The average Bonchev–Trinajstić information content (AvgIpc) is 3.16. The number of thioether (sulfide) groups is 1. The maximum absolute atomic E-state index is 12.3. The molecule has 26 heavy (non-hydrogen) atoms. The second kappa shape index (κ2) is 8.19. The Bertz CT molecular complexity index is 792. The molecule has 1 aliphatic rings. The maximum atomic E-state index is 12.3. The van der Waals surface area contributed by atoms with Crippen molar-refractivity contribution in [3.05, 3.63) is 24.3 Å². The molecule has 0 saturated heterocycles. The highest BCUT2D eigenvalue weighted by molar-refractivity contribution is 7.99. The highest BCUT2D eigenvalue weighted by Crippen LogP contribution is 2.28. The number of hydrogen-bond donors (Lipinski definition) is 1.